The van der Waals surface area contributed by atoms with Crippen molar-refractivity contribution in [1.29, 1.82) is 0 Å². The number of carbonyl (C=O) groups is 1. The first-order valence-electron chi connectivity index (χ1n) is 12.5. The van der Waals surface area contributed by atoms with Gasteiger partial charge in [-0.25, -0.2) is 4.79 Å². The lowest BCUT2D eigenvalue weighted by atomic mass is 9.65. The Balaban J connectivity index is 5.82. The Bertz CT molecular complexity index is 654. The van der Waals surface area contributed by atoms with Crippen LogP contribution < -0.4 is 0 Å². The zero-order valence-electron chi connectivity index (χ0n) is 21.6. The molecule has 0 aromatic heterocycles. The maximum Gasteiger partial charge on any atom is 0.364 e. The maximum atomic E-state index is 13.1. The molecule has 0 saturated heterocycles. The van der Waals surface area contributed by atoms with Crippen LogP contribution in [0.5, 0.6) is 0 Å². The van der Waals surface area contributed by atoms with Gasteiger partial charge < -0.3 is 19.8 Å². The molecule has 2 atom stereocenters. The van der Waals surface area contributed by atoms with Crippen molar-refractivity contribution in [2.75, 3.05) is 34.4 Å². The number of carboxylic acids is 1. The van der Waals surface area contributed by atoms with Crippen molar-refractivity contribution in [2.45, 2.75) is 108 Å². The highest BCUT2D eigenvalue weighted by Gasteiger charge is 2.67. The van der Waals surface area contributed by atoms with E-state index < -0.39 is 32.3 Å². The van der Waals surface area contributed by atoms with Crippen LogP contribution in [0.4, 0.5) is 0 Å². The number of hydrogen-bond donors (Lipinski definition) is 4. The van der Waals surface area contributed by atoms with E-state index in [2.05, 4.69) is 6.92 Å². The summed E-state index contributed by atoms with van der Waals surface area (Å²) < 4.78 is 34.4. The molecule has 4 N–H and O–H groups in total. The first-order valence-corrected chi connectivity index (χ1v) is 13.9. The molecule has 0 heterocycles. The number of carboxylic acid groups (broad SMARTS) is 1. The van der Waals surface area contributed by atoms with Gasteiger partial charge in [0, 0.05) is 18.6 Å². The van der Waals surface area contributed by atoms with E-state index >= 15 is 0 Å². The van der Waals surface area contributed by atoms with E-state index in [4.69, 9.17) is 0 Å². The minimum atomic E-state index is -4.88. The zero-order valence-corrected chi connectivity index (χ0v) is 22.4. The van der Waals surface area contributed by atoms with Crippen molar-refractivity contribution in [2.24, 2.45) is 5.41 Å². The maximum absolute atomic E-state index is 13.1. The Kier molecular flexibility index (Phi) is 14.3. The fourth-order valence-electron chi connectivity index (χ4n) is 5.42. The molecule has 0 rings (SSSR count). The third-order valence-electron chi connectivity index (χ3n) is 7.16. The van der Waals surface area contributed by atoms with Crippen LogP contribution in [0.15, 0.2) is 0 Å². The quantitative estimate of drug-likeness (QED) is 0.114. The lowest BCUT2D eigenvalue weighted by molar-refractivity contribution is -0.890. The summed E-state index contributed by atoms with van der Waals surface area (Å²) in [6, 6.07) is -1.48. The molecule has 0 bridgehead atoms. The molecule has 0 aliphatic heterocycles. The van der Waals surface area contributed by atoms with E-state index in [0.29, 0.717) is 6.42 Å². The van der Waals surface area contributed by atoms with Gasteiger partial charge in [-0.3, -0.25) is 4.55 Å². The topological polar surface area (TPSA) is 132 Å². The molecule has 0 fully saturated rings. The monoisotopic (exact) mass is 496 g/mol. The Morgan fingerprint density at radius 3 is 1.52 bits per heavy atom. The second kappa shape index (κ2) is 14.6. The summed E-state index contributed by atoms with van der Waals surface area (Å²) in [7, 11) is -0.106. The number of aliphatic hydroxyl groups excluding tert-OH is 2. The van der Waals surface area contributed by atoms with Gasteiger partial charge in [0.05, 0.1) is 21.1 Å². The number of unbranched alkanes of at least 4 members (excludes halogenated alkanes) is 9. The van der Waals surface area contributed by atoms with Crippen molar-refractivity contribution in [3.05, 3.63) is 0 Å². The summed E-state index contributed by atoms with van der Waals surface area (Å²) >= 11 is 0. The van der Waals surface area contributed by atoms with Crippen LogP contribution in [0.3, 0.4) is 0 Å². The summed E-state index contributed by atoms with van der Waals surface area (Å²) in [5.74, 6) is -1.32. The second-order valence-corrected chi connectivity index (χ2v) is 12.3. The first kappa shape index (κ1) is 32.3. The third-order valence-corrected chi connectivity index (χ3v) is 9.00. The highest BCUT2D eigenvalue weighted by molar-refractivity contribution is 7.87. The van der Waals surface area contributed by atoms with Gasteiger partial charge >= 0.3 is 5.97 Å². The number of nitrogens with zero attached hydrogens (tertiary/aromatic N) is 1. The highest BCUT2D eigenvalue weighted by Crippen LogP contribution is 2.50. The van der Waals surface area contributed by atoms with E-state index in [-0.39, 0.29) is 37.0 Å². The number of hydrogen-bond acceptors (Lipinski definition) is 5. The van der Waals surface area contributed by atoms with E-state index in [1.54, 1.807) is 28.1 Å². The number of aliphatic carboxylic acids is 1. The molecule has 0 aromatic rings. The normalized spacial score (nSPS) is 15.9. The van der Waals surface area contributed by atoms with Gasteiger partial charge in [-0.1, -0.05) is 78.1 Å². The Morgan fingerprint density at radius 2 is 1.21 bits per heavy atom. The van der Waals surface area contributed by atoms with Crippen LogP contribution in [-0.2, 0) is 14.9 Å². The predicted molar refractivity (Wildman–Crippen MR) is 132 cm³/mol. The van der Waals surface area contributed by atoms with Crippen LogP contribution >= 0.6 is 0 Å². The summed E-state index contributed by atoms with van der Waals surface area (Å²) in [4.78, 5) is 12.5. The number of rotatable bonds is 20. The Morgan fingerprint density at radius 1 is 0.818 bits per heavy atom. The van der Waals surface area contributed by atoms with Crippen LogP contribution in [0.2, 0.25) is 0 Å². The smallest absolute Gasteiger partial charge is 0.364 e. The van der Waals surface area contributed by atoms with Gasteiger partial charge in [0.2, 0.25) is 6.04 Å². The minimum Gasteiger partial charge on any atom is -0.477 e. The van der Waals surface area contributed by atoms with Crippen molar-refractivity contribution in [3.63, 3.8) is 0 Å². The fraction of sp³-hybridized carbons (Fsp3) is 0.958. The standard InChI is InChI=1S/C24H49NO7S/c1-6-7-8-9-10-11-12-13-14-15-16-24(33(30,31)32,21(22(28)29)25(3,4)5)23(2,17-19-26)18-20-27/h21,26-27H,6-20H2,1-5H3,(H-,28,29,30,31,32)/p+1. The van der Waals surface area contributed by atoms with E-state index in [9.17, 15) is 33.1 Å². The third kappa shape index (κ3) is 9.09. The van der Waals surface area contributed by atoms with Gasteiger partial charge in [-0.2, -0.15) is 8.42 Å². The van der Waals surface area contributed by atoms with Crippen LogP contribution in [0.1, 0.15) is 97.3 Å². The molecule has 0 spiro atoms. The molecular formula is C24H50NO7S+. The molecule has 33 heavy (non-hydrogen) atoms. The van der Waals surface area contributed by atoms with Gasteiger partial charge in [0.25, 0.3) is 10.1 Å². The molecular weight excluding hydrogens is 446 g/mol. The van der Waals surface area contributed by atoms with Gasteiger partial charge in [-0.15, -0.1) is 0 Å². The van der Waals surface area contributed by atoms with Crippen LogP contribution in [-0.4, -0.2) is 83.9 Å². The summed E-state index contributed by atoms with van der Waals surface area (Å²) in [5, 5.41) is 29.6. The largest absolute Gasteiger partial charge is 0.477 e. The molecule has 0 aliphatic carbocycles. The van der Waals surface area contributed by atoms with Gasteiger partial charge in [0.15, 0.2) is 4.75 Å². The summed E-state index contributed by atoms with van der Waals surface area (Å²) in [6.07, 6.45) is 10.2. The van der Waals surface area contributed by atoms with Crippen LogP contribution in [0, 0.1) is 5.41 Å². The highest BCUT2D eigenvalue weighted by atomic mass is 32.2. The summed E-state index contributed by atoms with van der Waals surface area (Å²) in [6.45, 7) is 2.99. The van der Waals surface area contributed by atoms with Crippen molar-refractivity contribution in [3.8, 4) is 0 Å². The first-order chi connectivity index (χ1) is 15.2. The second-order valence-electron chi connectivity index (χ2n) is 10.7. The molecule has 0 amide bonds. The van der Waals surface area contributed by atoms with Gasteiger partial charge in [0.1, 0.15) is 0 Å². The lowest BCUT2D eigenvalue weighted by Gasteiger charge is -2.52. The number of likely N-dealkylation sites (N-methyl/N-ethyl adjacent to an activating group) is 1. The van der Waals surface area contributed by atoms with Crippen molar-refractivity contribution >= 4 is 16.1 Å². The molecule has 9 heteroatoms. The van der Waals surface area contributed by atoms with E-state index in [1.165, 1.54) is 32.1 Å². The molecule has 2 unspecified atom stereocenters. The minimum absolute atomic E-state index is 0.0467. The molecule has 0 aromatic carbocycles. The zero-order chi connectivity index (χ0) is 25.8. The van der Waals surface area contributed by atoms with Crippen molar-refractivity contribution in [1.82, 2.24) is 0 Å². The average molecular weight is 497 g/mol. The van der Waals surface area contributed by atoms with Crippen LogP contribution in [0.25, 0.3) is 0 Å². The average Bonchev–Trinajstić information content (AvgIpc) is 2.66. The molecule has 8 nitrogen and oxygen atoms in total. The van der Waals surface area contributed by atoms with E-state index in [0.717, 1.165) is 25.7 Å². The van der Waals surface area contributed by atoms with Gasteiger partial charge in [-0.05, 0) is 19.3 Å². The van der Waals surface area contributed by atoms with E-state index in [1.807, 2.05) is 0 Å². The molecule has 0 aliphatic rings. The fourth-order valence-corrected chi connectivity index (χ4v) is 7.35. The molecule has 0 radical (unpaired) electrons. The molecule has 0 saturated carbocycles. The lowest BCUT2D eigenvalue weighted by Crippen LogP contribution is -2.71. The Labute approximate surface area is 201 Å². The summed E-state index contributed by atoms with van der Waals surface area (Å²) in [5.41, 5.74) is -1.34. The predicted octanol–water partition coefficient (Wildman–Crippen LogP) is 3.85. The Hall–Kier alpha value is -0.740. The number of quaternary nitrogens is 1. The van der Waals surface area contributed by atoms with Crippen molar-refractivity contribution < 1.29 is 37.6 Å². The molecule has 198 valence electrons. The number of aliphatic hydroxyl groups is 2. The SMILES string of the molecule is CCCCCCCCCCCCC(C(C(=O)O)[N+](C)(C)C)(C(C)(CCO)CCO)S(=O)(=O)O.